The molecule has 3 aromatic rings. The van der Waals surface area contributed by atoms with E-state index < -0.39 is 10.1 Å². The van der Waals surface area contributed by atoms with Crippen LogP contribution in [0.1, 0.15) is 12.0 Å². The van der Waals surface area contributed by atoms with Crippen LogP contribution in [0, 0.1) is 0 Å². The number of para-hydroxylation sites is 2. The molecule has 0 amide bonds. The summed E-state index contributed by atoms with van der Waals surface area (Å²) in [6, 6.07) is 15.8. The molecule has 1 aromatic heterocycles. The van der Waals surface area contributed by atoms with Crippen LogP contribution in [-0.2, 0) is 23.7 Å². The number of hydrogen-bond acceptors (Lipinski definition) is 5. The van der Waals surface area contributed by atoms with Crippen molar-refractivity contribution in [1.29, 1.82) is 0 Å². The van der Waals surface area contributed by atoms with Crippen molar-refractivity contribution in [3.8, 4) is 0 Å². The number of aryl methyl sites for hydroxylation is 2. The number of fused-ring (bicyclic) bond motifs is 1. The van der Waals surface area contributed by atoms with Crippen molar-refractivity contribution in [2.24, 2.45) is 12.1 Å². The Morgan fingerprint density at radius 1 is 1.19 bits per heavy atom. The molecule has 0 aliphatic carbocycles. The monoisotopic (exact) mass is 386 g/mol. The molecular formula is C19H22N4O3S. The highest BCUT2D eigenvalue weighted by molar-refractivity contribution is 7.85. The largest absolute Gasteiger partial charge is 0.748 e. The normalized spacial score (nSPS) is 12.1. The van der Waals surface area contributed by atoms with Gasteiger partial charge in [0.05, 0.1) is 34.5 Å². The van der Waals surface area contributed by atoms with E-state index in [2.05, 4.69) is 5.10 Å². The maximum atomic E-state index is 10.8. The highest BCUT2D eigenvalue weighted by Crippen LogP contribution is 2.17. The molecule has 0 atom stereocenters. The van der Waals surface area contributed by atoms with Crippen LogP contribution in [0.3, 0.4) is 0 Å². The fourth-order valence-corrected chi connectivity index (χ4v) is 3.50. The van der Waals surface area contributed by atoms with Gasteiger partial charge in [0.1, 0.15) is 5.52 Å². The SMILES string of the molecule is CN(N=Cc1cccc2c[n+](CCCS(=O)(=O)[O-])n(C)c12)c1ccccc1. The molecule has 8 heteroatoms. The molecule has 142 valence electrons. The first-order chi connectivity index (χ1) is 12.8. The summed E-state index contributed by atoms with van der Waals surface area (Å²) in [6.45, 7) is 0.452. The number of aromatic nitrogens is 2. The van der Waals surface area contributed by atoms with E-state index >= 15 is 0 Å². The third kappa shape index (κ3) is 4.72. The maximum absolute atomic E-state index is 10.8. The molecule has 27 heavy (non-hydrogen) atoms. The van der Waals surface area contributed by atoms with Gasteiger partial charge in [-0.2, -0.15) is 9.78 Å². The topological polar surface area (TPSA) is 81.6 Å². The molecule has 0 aliphatic heterocycles. The van der Waals surface area contributed by atoms with Gasteiger partial charge in [0, 0.05) is 24.8 Å². The van der Waals surface area contributed by atoms with Gasteiger partial charge >= 0.3 is 0 Å². The number of hydrazone groups is 1. The number of rotatable bonds is 7. The van der Waals surface area contributed by atoms with E-state index in [-0.39, 0.29) is 12.2 Å². The third-order valence-corrected chi connectivity index (χ3v) is 5.17. The second-order valence-electron chi connectivity index (χ2n) is 6.32. The lowest BCUT2D eigenvalue weighted by atomic mass is 10.1. The molecule has 0 radical (unpaired) electrons. The second kappa shape index (κ2) is 7.89. The second-order valence-corrected chi connectivity index (χ2v) is 7.84. The van der Waals surface area contributed by atoms with Gasteiger partial charge < -0.3 is 4.55 Å². The van der Waals surface area contributed by atoms with Crippen LogP contribution in [0.2, 0.25) is 0 Å². The van der Waals surface area contributed by atoms with E-state index in [0.717, 1.165) is 22.2 Å². The average Bonchev–Trinajstić information content (AvgIpc) is 2.96. The molecule has 0 N–H and O–H groups in total. The molecule has 0 aliphatic rings. The first-order valence-corrected chi connectivity index (χ1v) is 10.2. The molecule has 0 saturated heterocycles. The summed E-state index contributed by atoms with van der Waals surface area (Å²) >= 11 is 0. The number of benzene rings is 2. The standard InChI is InChI=1S/C19H22N4O3S/c1-21(18-10-4-3-5-11-18)20-14-16-8-6-9-17-15-23(22(2)19(16)17)12-7-13-27(24,25)26/h3-6,8-11,14-15H,7,12-13H2,1-2H3. The Morgan fingerprint density at radius 3 is 2.63 bits per heavy atom. The van der Waals surface area contributed by atoms with Crippen molar-refractivity contribution < 1.29 is 17.7 Å². The summed E-state index contributed by atoms with van der Waals surface area (Å²) in [4.78, 5) is 0. The van der Waals surface area contributed by atoms with Crippen molar-refractivity contribution in [1.82, 2.24) is 4.68 Å². The first kappa shape index (κ1) is 19.1. The predicted octanol–water partition coefficient (Wildman–Crippen LogP) is 1.87. The zero-order valence-corrected chi connectivity index (χ0v) is 16.1. The minimum atomic E-state index is -4.19. The Kier molecular flexibility index (Phi) is 5.57. The molecule has 0 saturated carbocycles. The summed E-state index contributed by atoms with van der Waals surface area (Å²) in [5.74, 6) is -0.363. The minimum Gasteiger partial charge on any atom is -0.748 e. The molecule has 3 rings (SSSR count). The van der Waals surface area contributed by atoms with Crippen LogP contribution < -0.4 is 9.69 Å². The van der Waals surface area contributed by atoms with E-state index in [4.69, 9.17) is 0 Å². The molecule has 0 bridgehead atoms. The predicted molar refractivity (Wildman–Crippen MR) is 105 cm³/mol. The smallest absolute Gasteiger partial charge is 0.203 e. The Morgan fingerprint density at radius 2 is 1.93 bits per heavy atom. The van der Waals surface area contributed by atoms with Crippen LogP contribution in [0.25, 0.3) is 10.9 Å². The quantitative estimate of drug-likeness (QED) is 0.269. The Balaban J connectivity index is 1.85. The molecular weight excluding hydrogens is 364 g/mol. The Hall–Kier alpha value is -2.71. The summed E-state index contributed by atoms with van der Waals surface area (Å²) in [5.41, 5.74) is 2.93. The van der Waals surface area contributed by atoms with Crippen molar-refractivity contribution >= 4 is 32.9 Å². The lowest BCUT2D eigenvalue weighted by molar-refractivity contribution is -0.770. The highest BCUT2D eigenvalue weighted by atomic mass is 32.2. The lowest BCUT2D eigenvalue weighted by Crippen LogP contribution is -2.41. The summed E-state index contributed by atoms with van der Waals surface area (Å²) in [6.07, 6.45) is 4.04. The van der Waals surface area contributed by atoms with Gasteiger partial charge in [-0.3, -0.25) is 5.01 Å². The zero-order valence-electron chi connectivity index (χ0n) is 15.3. The fraction of sp³-hybridized carbons (Fsp3) is 0.263. The summed E-state index contributed by atoms with van der Waals surface area (Å²) in [5, 5.41) is 7.35. The minimum absolute atomic E-state index is 0.279. The van der Waals surface area contributed by atoms with E-state index in [1.54, 1.807) is 5.01 Å². The lowest BCUT2D eigenvalue weighted by Gasteiger charge is -2.12. The molecule has 0 fully saturated rings. The first-order valence-electron chi connectivity index (χ1n) is 8.59. The van der Waals surface area contributed by atoms with E-state index in [1.807, 2.05) is 84.4 Å². The number of hydrogen-bond donors (Lipinski definition) is 0. The summed E-state index contributed by atoms with van der Waals surface area (Å²) in [7, 11) is -0.391. The maximum Gasteiger partial charge on any atom is 0.203 e. The molecule has 7 nitrogen and oxygen atoms in total. The van der Waals surface area contributed by atoms with Crippen molar-refractivity contribution in [2.75, 3.05) is 17.8 Å². The van der Waals surface area contributed by atoms with Gasteiger partial charge in [-0.25, -0.2) is 8.42 Å². The van der Waals surface area contributed by atoms with Gasteiger partial charge in [-0.1, -0.05) is 30.3 Å². The van der Waals surface area contributed by atoms with Gasteiger partial charge in [0.25, 0.3) is 0 Å². The number of anilines is 1. The highest BCUT2D eigenvalue weighted by Gasteiger charge is 2.15. The van der Waals surface area contributed by atoms with Gasteiger partial charge in [-0.15, -0.1) is 4.68 Å². The van der Waals surface area contributed by atoms with E-state index in [0.29, 0.717) is 6.54 Å². The van der Waals surface area contributed by atoms with Crippen molar-refractivity contribution in [3.05, 3.63) is 60.3 Å². The van der Waals surface area contributed by atoms with Gasteiger partial charge in [0.2, 0.25) is 6.20 Å². The third-order valence-electron chi connectivity index (χ3n) is 4.38. The average molecular weight is 386 g/mol. The molecule has 1 heterocycles. The van der Waals surface area contributed by atoms with Crippen LogP contribution >= 0.6 is 0 Å². The van der Waals surface area contributed by atoms with Gasteiger partial charge in [-0.05, 0) is 18.2 Å². The fourth-order valence-electron chi connectivity index (χ4n) is 3.01. The zero-order chi connectivity index (χ0) is 19.4. The molecule has 2 aromatic carbocycles. The van der Waals surface area contributed by atoms with Crippen molar-refractivity contribution in [3.63, 3.8) is 0 Å². The van der Waals surface area contributed by atoms with Crippen LogP contribution in [0.4, 0.5) is 5.69 Å². The van der Waals surface area contributed by atoms with Gasteiger partial charge in [0.15, 0.2) is 6.54 Å². The van der Waals surface area contributed by atoms with E-state index in [1.165, 1.54) is 0 Å². The number of nitrogens with zero attached hydrogens (tertiary/aromatic N) is 4. The van der Waals surface area contributed by atoms with Crippen LogP contribution in [-0.4, -0.2) is 36.7 Å². The Labute approximate surface area is 158 Å². The van der Waals surface area contributed by atoms with E-state index in [9.17, 15) is 13.0 Å². The Bertz CT molecular complexity index is 1060. The van der Waals surface area contributed by atoms with Crippen LogP contribution in [0.5, 0.6) is 0 Å². The molecule has 0 unspecified atom stereocenters. The summed E-state index contributed by atoms with van der Waals surface area (Å²) < 4.78 is 36.3. The van der Waals surface area contributed by atoms with Crippen LogP contribution in [0.15, 0.2) is 59.8 Å². The molecule has 0 spiro atoms. The van der Waals surface area contributed by atoms with Crippen molar-refractivity contribution in [2.45, 2.75) is 13.0 Å².